The fourth-order valence-corrected chi connectivity index (χ4v) is 3.23. The number of nitrogens with zero attached hydrogens (tertiary/aromatic N) is 1. The highest BCUT2D eigenvalue weighted by Crippen LogP contribution is 2.29. The molecule has 1 heterocycles. The van der Waals surface area contributed by atoms with Crippen molar-refractivity contribution in [3.05, 3.63) is 0 Å². The zero-order valence-corrected chi connectivity index (χ0v) is 12.0. The first-order valence-corrected chi connectivity index (χ1v) is 7.59. The summed E-state index contributed by atoms with van der Waals surface area (Å²) in [5, 5.41) is 16.8. The maximum Gasteiger partial charge on any atom is 0.238 e. The van der Waals surface area contributed by atoms with E-state index in [0.29, 0.717) is 19.6 Å². The third-order valence-electron chi connectivity index (χ3n) is 4.29. The summed E-state index contributed by atoms with van der Waals surface area (Å²) in [5.41, 5.74) is -0.583. The number of nitrogens with one attached hydrogen (secondary N) is 2. The molecule has 0 radical (unpaired) electrons. The fourth-order valence-electron chi connectivity index (χ4n) is 3.23. The highest BCUT2D eigenvalue weighted by Gasteiger charge is 2.36. The van der Waals surface area contributed by atoms with E-state index in [2.05, 4.69) is 15.5 Å². The molecule has 1 atom stereocenters. The third kappa shape index (κ3) is 3.91. The van der Waals surface area contributed by atoms with E-state index in [9.17, 15) is 9.90 Å². The number of likely N-dealkylation sites (N-methyl/N-ethyl adjacent to an activating group) is 1. The predicted molar refractivity (Wildman–Crippen MR) is 74.9 cm³/mol. The lowest BCUT2D eigenvalue weighted by Crippen LogP contribution is -2.61. The molecular formula is C14H27N3O2. The van der Waals surface area contributed by atoms with Crippen LogP contribution in [0.25, 0.3) is 0 Å². The molecule has 0 aromatic carbocycles. The summed E-state index contributed by atoms with van der Waals surface area (Å²) in [6.45, 7) is 5.65. The maximum absolute atomic E-state index is 12.1. The van der Waals surface area contributed by atoms with Crippen molar-refractivity contribution in [1.29, 1.82) is 0 Å². The summed E-state index contributed by atoms with van der Waals surface area (Å²) in [6.07, 6.45) is 5.19. The van der Waals surface area contributed by atoms with Gasteiger partial charge in [0.05, 0.1) is 5.60 Å². The number of carbonyl (C=O) groups is 1. The molecule has 0 aromatic rings. The lowest BCUT2D eigenvalue weighted by molar-refractivity contribution is -0.129. The van der Waals surface area contributed by atoms with Crippen LogP contribution in [0.2, 0.25) is 0 Å². The Bertz CT molecular complexity index is 303. The van der Waals surface area contributed by atoms with Gasteiger partial charge >= 0.3 is 0 Å². The number of aliphatic hydroxyl groups is 1. The van der Waals surface area contributed by atoms with Crippen LogP contribution in [-0.2, 0) is 4.79 Å². The number of hydrogen-bond donors (Lipinski definition) is 3. The Hall–Kier alpha value is -0.650. The summed E-state index contributed by atoms with van der Waals surface area (Å²) in [7, 11) is 0. The third-order valence-corrected chi connectivity index (χ3v) is 4.29. The van der Waals surface area contributed by atoms with Crippen molar-refractivity contribution in [2.24, 2.45) is 0 Å². The topological polar surface area (TPSA) is 64.6 Å². The molecule has 1 saturated heterocycles. The van der Waals surface area contributed by atoms with Gasteiger partial charge in [0.1, 0.15) is 6.04 Å². The number of carbonyl (C=O) groups excluding carboxylic acids is 1. The predicted octanol–water partition coefficient (Wildman–Crippen LogP) is 0.0915. The van der Waals surface area contributed by atoms with Crippen LogP contribution >= 0.6 is 0 Å². The first-order valence-electron chi connectivity index (χ1n) is 7.59. The summed E-state index contributed by atoms with van der Waals surface area (Å²) >= 11 is 0. The van der Waals surface area contributed by atoms with Crippen molar-refractivity contribution in [3.8, 4) is 0 Å². The van der Waals surface area contributed by atoms with Gasteiger partial charge in [0, 0.05) is 32.7 Å². The Morgan fingerprint density at radius 3 is 2.84 bits per heavy atom. The van der Waals surface area contributed by atoms with Crippen LogP contribution in [0.1, 0.15) is 39.0 Å². The van der Waals surface area contributed by atoms with Crippen LogP contribution in [0.15, 0.2) is 0 Å². The van der Waals surface area contributed by atoms with Crippen molar-refractivity contribution in [3.63, 3.8) is 0 Å². The quantitative estimate of drug-likeness (QED) is 0.677. The van der Waals surface area contributed by atoms with Gasteiger partial charge in [0.25, 0.3) is 0 Å². The largest absolute Gasteiger partial charge is 0.389 e. The maximum atomic E-state index is 12.1. The zero-order chi connectivity index (χ0) is 13.7. The highest BCUT2D eigenvalue weighted by molar-refractivity contribution is 5.82. The summed E-state index contributed by atoms with van der Waals surface area (Å²) in [4.78, 5) is 14.2. The van der Waals surface area contributed by atoms with E-state index >= 15 is 0 Å². The SMILES string of the molecule is CCNC(=O)C1CNCCN1CC1(O)CCCCC1. The van der Waals surface area contributed by atoms with Gasteiger partial charge in [0.2, 0.25) is 5.91 Å². The summed E-state index contributed by atoms with van der Waals surface area (Å²) in [6, 6.07) is -0.139. The van der Waals surface area contributed by atoms with Crippen molar-refractivity contribution >= 4 is 5.91 Å². The van der Waals surface area contributed by atoms with Gasteiger partial charge in [-0.15, -0.1) is 0 Å². The Morgan fingerprint density at radius 2 is 2.16 bits per heavy atom. The Balaban J connectivity index is 1.96. The molecule has 5 heteroatoms. The average molecular weight is 269 g/mol. The van der Waals surface area contributed by atoms with E-state index in [1.807, 2.05) is 6.92 Å². The van der Waals surface area contributed by atoms with Crippen LogP contribution in [-0.4, -0.2) is 60.3 Å². The van der Waals surface area contributed by atoms with E-state index in [4.69, 9.17) is 0 Å². The lowest BCUT2D eigenvalue weighted by atomic mass is 9.84. The molecule has 2 fully saturated rings. The van der Waals surface area contributed by atoms with Crippen molar-refractivity contribution in [2.45, 2.75) is 50.7 Å². The molecule has 5 nitrogen and oxygen atoms in total. The zero-order valence-electron chi connectivity index (χ0n) is 12.0. The van der Waals surface area contributed by atoms with Crippen molar-refractivity contribution in [2.75, 3.05) is 32.7 Å². The number of hydrogen-bond acceptors (Lipinski definition) is 4. The van der Waals surface area contributed by atoms with Crippen LogP contribution in [0, 0.1) is 0 Å². The second-order valence-electron chi connectivity index (χ2n) is 5.87. The molecule has 0 spiro atoms. The summed E-state index contributed by atoms with van der Waals surface area (Å²) in [5.74, 6) is 0.0779. The van der Waals surface area contributed by atoms with Gasteiger partial charge in [-0.25, -0.2) is 0 Å². The van der Waals surface area contributed by atoms with E-state index < -0.39 is 5.60 Å². The Morgan fingerprint density at radius 1 is 1.42 bits per heavy atom. The molecule has 1 unspecified atom stereocenters. The molecule has 1 aliphatic carbocycles. The smallest absolute Gasteiger partial charge is 0.238 e. The lowest BCUT2D eigenvalue weighted by Gasteiger charge is -2.42. The van der Waals surface area contributed by atoms with E-state index in [1.165, 1.54) is 6.42 Å². The first kappa shape index (κ1) is 14.8. The van der Waals surface area contributed by atoms with Gasteiger partial charge in [-0.05, 0) is 19.8 Å². The molecule has 0 bridgehead atoms. The highest BCUT2D eigenvalue weighted by atomic mass is 16.3. The van der Waals surface area contributed by atoms with Crippen molar-refractivity contribution in [1.82, 2.24) is 15.5 Å². The minimum absolute atomic E-state index is 0.0779. The number of β-amino-alcohol motifs (C(OH)–C–C–N with tert-alkyl or cyclic N) is 1. The molecule has 2 rings (SSSR count). The number of rotatable bonds is 4. The second-order valence-corrected chi connectivity index (χ2v) is 5.87. The van der Waals surface area contributed by atoms with Crippen LogP contribution in [0.5, 0.6) is 0 Å². The van der Waals surface area contributed by atoms with Crippen LogP contribution in [0.4, 0.5) is 0 Å². The molecule has 19 heavy (non-hydrogen) atoms. The van der Waals surface area contributed by atoms with E-state index in [-0.39, 0.29) is 11.9 Å². The minimum atomic E-state index is -0.583. The molecular weight excluding hydrogens is 242 g/mol. The Labute approximate surface area is 115 Å². The molecule has 0 aromatic heterocycles. The standard InChI is InChI=1S/C14H27N3O2/c1-2-16-13(18)12-10-15-8-9-17(12)11-14(19)6-4-3-5-7-14/h12,15,19H,2-11H2,1H3,(H,16,18). The first-order chi connectivity index (χ1) is 9.14. The fraction of sp³-hybridized carbons (Fsp3) is 0.929. The second kappa shape index (κ2) is 6.68. The number of amides is 1. The van der Waals surface area contributed by atoms with Gasteiger partial charge < -0.3 is 15.7 Å². The molecule has 2 aliphatic rings. The number of piperazine rings is 1. The Kier molecular flexibility index (Phi) is 5.19. The van der Waals surface area contributed by atoms with Gasteiger partial charge in [-0.3, -0.25) is 9.69 Å². The average Bonchev–Trinajstić information content (AvgIpc) is 2.40. The molecule has 1 saturated carbocycles. The van der Waals surface area contributed by atoms with Gasteiger partial charge in [-0.2, -0.15) is 0 Å². The van der Waals surface area contributed by atoms with Crippen LogP contribution < -0.4 is 10.6 Å². The van der Waals surface area contributed by atoms with Crippen LogP contribution in [0.3, 0.4) is 0 Å². The van der Waals surface area contributed by atoms with Gasteiger partial charge in [0.15, 0.2) is 0 Å². The molecule has 1 amide bonds. The molecule has 110 valence electrons. The van der Waals surface area contributed by atoms with Crippen molar-refractivity contribution < 1.29 is 9.90 Å². The summed E-state index contributed by atoms with van der Waals surface area (Å²) < 4.78 is 0. The minimum Gasteiger partial charge on any atom is -0.389 e. The molecule has 1 aliphatic heterocycles. The van der Waals surface area contributed by atoms with E-state index in [1.54, 1.807) is 0 Å². The van der Waals surface area contributed by atoms with E-state index in [0.717, 1.165) is 38.8 Å². The monoisotopic (exact) mass is 269 g/mol. The molecule has 3 N–H and O–H groups in total. The normalized spacial score (nSPS) is 28.0. The van der Waals surface area contributed by atoms with Gasteiger partial charge in [-0.1, -0.05) is 19.3 Å².